The van der Waals surface area contributed by atoms with Crippen molar-refractivity contribution < 1.29 is 63.0 Å². The summed E-state index contributed by atoms with van der Waals surface area (Å²) in [6.45, 7) is 14.1. The fraction of sp³-hybridized carbons (Fsp3) is 0.660. The molecular formula is C53H90N14O13. The van der Waals surface area contributed by atoms with Crippen LogP contribution < -0.4 is 71.2 Å². The number of rotatable bonds is 39. The minimum absolute atomic E-state index is 0.00250. The highest BCUT2D eigenvalue weighted by Crippen LogP contribution is 2.15. The second-order valence-electron chi connectivity index (χ2n) is 21.2. The molecular weight excluding hydrogens is 1040 g/mol. The molecule has 0 radical (unpaired) electrons. The number of nitrogens with two attached hydrogens (primary N) is 5. The van der Waals surface area contributed by atoms with Gasteiger partial charge in [0.1, 0.15) is 48.3 Å². The zero-order valence-corrected chi connectivity index (χ0v) is 47.5. The Labute approximate surface area is 468 Å². The number of unbranched alkanes of at least 4 members (excludes halogenated alkanes) is 1. The number of nitrogens with one attached hydrogen (secondary N) is 8. The fourth-order valence-corrected chi connectivity index (χ4v) is 8.17. The molecule has 0 heterocycles. The van der Waals surface area contributed by atoms with Crippen molar-refractivity contribution in [2.24, 2.45) is 57.3 Å². The largest absolute Gasteiger partial charge is 0.481 e. The highest BCUT2D eigenvalue weighted by atomic mass is 16.4. The zero-order valence-electron chi connectivity index (χ0n) is 47.5. The van der Waals surface area contributed by atoms with Gasteiger partial charge in [-0.15, -0.1) is 0 Å². The van der Waals surface area contributed by atoms with E-state index in [1.807, 2.05) is 0 Å². The Hall–Kier alpha value is -7.42. The van der Waals surface area contributed by atoms with Crippen LogP contribution in [-0.2, 0) is 59.2 Å². The number of guanidine groups is 1. The quantitative estimate of drug-likeness (QED) is 0.0197. The molecule has 9 amide bonds. The Kier molecular flexibility index (Phi) is 32.4. The molecule has 20 N–H and O–H groups in total. The maximum atomic E-state index is 14.4. The standard InChI is InChI=1S/C53H90N14O13/c1-9-31(8)43(51(78)64-36(24-28(2)3)47(74)63-38(27-40(56)68)48(75)65-39(52(79)80)26-32-16-11-10-12-17-32)67-46(73)35(19-15-23-59-53(57)58)60-45(72)34(18-13-14-22-54)61-50(77)42(30(6)7)66-49(76)37(25-29(4)5)62-44(71)33(55)20-21-41(69)70/h10-12,16-17,28-31,33-39,42-43H,9,13-15,18-27,54-55H2,1-8H3,(H2,56,68)(H,60,72)(H,61,77)(H,62,71)(H,63,74)(H,64,78)(H,65,75)(H,66,76)(H,67,73)(H,69,70)(H,79,80)(H4,57,58,59)/t31-,33-,34-,35-,36-,37-,38-,39-,42-,43-/m0/s1. The van der Waals surface area contributed by atoms with Crippen molar-refractivity contribution in [1.82, 2.24) is 42.5 Å². The molecule has 1 aromatic rings. The Bertz CT molecular complexity index is 2250. The van der Waals surface area contributed by atoms with E-state index < -0.39 is 138 Å². The summed E-state index contributed by atoms with van der Waals surface area (Å²) in [5.41, 5.74) is 28.8. The van der Waals surface area contributed by atoms with Gasteiger partial charge in [0.15, 0.2) is 5.96 Å². The summed E-state index contributed by atoms with van der Waals surface area (Å²) in [5, 5.41) is 39.8. The molecule has 0 aromatic heterocycles. The van der Waals surface area contributed by atoms with E-state index in [2.05, 4.69) is 47.5 Å². The molecule has 10 atom stereocenters. The lowest BCUT2D eigenvalue weighted by Gasteiger charge is -2.30. The lowest BCUT2D eigenvalue weighted by molar-refractivity contribution is -0.142. The van der Waals surface area contributed by atoms with E-state index >= 15 is 0 Å². The second kappa shape index (κ2) is 36.7. The molecule has 0 aliphatic heterocycles. The van der Waals surface area contributed by atoms with Crippen molar-refractivity contribution in [3.8, 4) is 0 Å². The van der Waals surface area contributed by atoms with Gasteiger partial charge in [0.05, 0.1) is 12.5 Å². The first kappa shape index (κ1) is 70.6. The minimum atomic E-state index is -1.65. The summed E-state index contributed by atoms with van der Waals surface area (Å²) in [7, 11) is 0. The van der Waals surface area contributed by atoms with E-state index in [0.29, 0.717) is 24.8 Å². The van der Waals surface area contributed by atoms with Crippen molar-refractivity contribution in [2.75, 3.05) is 13.1 Å². The predicted octanol–water partition coefficient (Wildman–Crippen LogP) is -1.76. The summed E-state index contributed by atoms with van der Waals surface area (Å²) in [6, 6.07) is -3.72. The molecule has 1 rings (SSSR count). The third-order valence-electron chi connectivity index (χ3n) is 12.8. The van der Waals surface area contributed by atoms with Crippen LogP contribution in [0.25, 0.3) is 0 Å². The first-order valence-corrected chi connectivity index (χ1v) is 27.2. The number of nitrogens with zero attached hydrogens (tertiary/aromatic N) is 1. The Morgan fingerprint density at radius 2 is 0.988 bits per heavy atom. The monoisotopic (exact) mass is 1130 g/mol. The number of carbonyl (C=O) groups excluding carboxylic acids is 9. The molecule has 0 saturated carbocycles. The van der Waals surface area contributed by atoms with Crippen LogP contribution in [0.3, 0.4) is 0 Å². The molecule has 0 fully saturated rings. The summed E-state index contributed by atoms with van der Waals surface area (Å²) in [5.74, 6) is -12.0. The Balaban J connectivity index is 3.56. The number of carbonyl (C=O) groups is 11. The average Bonchev–Trinajstić information content (AvgIpc) is 3.37. The Morgan fingerprint density at radius 3 is 1.49 bits per heavy atom. The van der Waals surface area contributed by atoms with Crippen molar-refractivity contribution in [3.63, 3.8) is 0 Å². The third-order valence-corrected chi connectivity index (χ3v) is 12.8. The second-order valence-corrected chi connectivity index (χ2v) is 21.2. The van der Waals surface area contributed by atoms with Crippen LogP contribution in [0.2, 0.25) is 0 Å². The summed E-state index contributed by atoms with van der Waals surface area (Å²) in [4.78, 5) is 151. The van der Waals surface area contributed by atoms with E-state index in [1.54, 1.807) is 85.7 Å². The van der Waals surface area contributed by atoms with Crippen LogP contribution in [-0.4, -0.2) is 149 Å². The lowest BCUT2D eigenvalue weighted by Crippen LogP contribution is -2.61. The van der Waals surface area contributed by atoms with Gasteiger partial charge in [-0.3, -0.25) is 52.9 Å². The zero-order chi connectivity index (χ0) is 60.8. The molecule has 0 saturated heterocycles. The number of aliphatic carboxylic acids is 2. The summed E-state index contributed by atoms with van der Waals surface area (Å²) in [6.07, 6.45) is -0.0921. The van der Waals surface area contributed by atoms with Gasteiger partial charge in [0.2, 0.25) is 53.2 Å². The van der Waals surface area contributed by atoms with Gasteiger partial charge in [-0.25, -0.2) is 4.79 Å². The van der Waals surface area contributed by atoms with Crippen LogP contribution in [0.5, 0.6) is 0 Å². The molecule has 0 unspecified atom stereocenters. The summed E-state index contributed by atoms with van der Waals surface area (Å²) >= 11 is 0. The molecule has 27 nitrogen and oxygen atoms in total. The van der Waals surface area contributed by atoms with Crippen LogP contribution in [0.15, 0.2) is 35.3 Å². The topological polar surface area (TPSA) is 467 Å². The smallest absolute Gasteiger partial charge is 0.326 e. The molecule has 80 heavy (non-hydrogen) atoms. The van der Waals surface area contributed by atoms with Crippen LogP contribution in [0.1, 0.15) is 132 Å². The van der Waals surface area contributed by atoms with Crippen LogP contribution in [0, 0.1) is 23.7 Å². The number of aliphatic imine (C=N–C) groups is 1. The number of carboxylic acid groups (broad SMARTS) is 2. The molecule has 0 bridgehead atoms. The number of hydrogen-bond acceptors (Lipinski definition) is 14. The van der Waals surface area contributed by atoms with E-state index in [0.717, 1.165) is 0 Å². The summed E-state index contributed by atoms with van der Waals surface area (Å²) < 4.78 is 0. The van der Waals surface area contributed by atoms with Crippen LogP contribution in [0.4, 0.5) is 0 Å². The van der Waals surface area contributed by atoms with Crippen molar-refractivity contribution in [3.05, 3.63) is 35.9 Å². The van der Waals surface area contributed by atoms with Crippen molar-refractivity contribution >= 4 is 71.1 Å². The first-order valence-electron chi connectivity index (χ1n) is 27.2. The lowest BCUT2D eigenvalue weighted by atomic mass is 9.96. The predicted molar refractivity (Wildman–Crippen MR) is 298 cm³/mol. The molecule has 0 aliphatic carbocycles. The van der Waals surface area contributed by atoms with Crippen molar-refractivity contribution in [2.45, 2.75) is 187 Å². The number of benzene rings is 1. The van der Waals surface area contributed by atoms with E-state index in [4.69, 9.17) is 33.8 Å². The average molecular weight is 1130 g/mol. The Morgan fingerprint density at radius 1 is 0.537 bits per heavy atom. The van der Waals surface area contributed by atoms with Gasteiger partial charge in [0, 0.05) is 19.4 Å². The molecule has 450 valence electrons. The molecule has 27 heteroatoms. The number of amides is 9. The normalized spacial score (nSPS) is 15.0. The van der Waals surface area contributed by atoms with E-state index in [9.17, 15) is 57.8 Å². The van der Waals surface area contributed by atoms with Gasteiger partial charge in [-0.05, 0) is 87.1 Å². The van der Waals surface area contributed by atoms with Gasteiger partial charge in [0.25, 0.3) is 0 Å². The SMILES string of the molecule is CC[C@H](C)[C@H](NC(=O)[C@H](CCCN=C(N)N)NC(=O)[C@H](CCCCN)NC(=O)[C@@H](NC(=O)[C@H](CC(C)C)NC(=O)[C@@H](N)CCC(=O)O)C(C)C)C(=O)N[C@@H](CC(C)C)C(=O)N[C@@H](CC(N)=O)C(=O)N[C@@H](Cc1ccccc1)C(=O)O. The fourth-order valence-electron chi connectivity index (χ4n) is 8.17. The minimum Gasteiger partial charge on any atom is -0.481 e. The van der Waals surface area contributed by atoms with Crippen molar-refractivity contribution in [1.29, 1.82) is 0 Å². The van der Waals surface area contributed by atoms with Gasteiger partial charge in [-0.1, -0.05) is 92.1 Å². The van der Waals surface area contributed by atoms with E-state index in [-0.39, 0.29) is 82.3 Å². The molecule has 1 aromatic carbocycles. The number of hydrogen-bond donors (Lipinski definition) is 15. The first-order chi connectivity index (χ1) is 37.5. The third kappa shape index (κ3) is 27.4. The van der Waals surface area contributed by atoms with Gasteiger partial charge >= 0.3 is 11.9 Å². The molecule has 0 spiro atoms. The van der Waals surface area contributed by atoms with E-state index in [1.165, 1.54) is 0 Å². The maximum absolute atomic E-state index is 14.4. The van der Waals surface area contributed by atoms with Gasteiger partial charge < -0.3 is 81.4 Å². The number of carboxylic acids is 2. The highest BCUT2D eigenvalue weighted by molar-refractivity contribution is 5.99. The molecule has 0 aliphatic rings. The number of primary amides is 1. The van der Waals surface area contributed by atoms with Crippen LogP contribution >= 0.6 is 0 Å². The highest BCUT2D eigenvalue weighted by Gasteiger charge is 2.37. The van der Waals surface area contributed by atoms with Gasteiger partial charge in [-0.2, -0.15) is 0 Å². The maximum Gasteiger partial charge on any atom is 0.326 e.